The van der Waals surface area contributed by atoms with Crippen molar-refractivity contribution in [2.75, 3.05) is 0 Å². The van der Waals surface area contributed by atoms with Crippen molar-refractivity contribution in [3.63, 3.8) is 0 Å². The maximum Gasteiger partial charge on any atom is 0.266 e. The van der Waals surface area contributed by atoms with Crippen molar-refractivity contribution < 1.29 is 13.2 Å². The lowest BCUT2D eigenvalue weighted by molar-refractivity contribution is 0.171. The fourth-order valence-electron chi connectivity index (χ4n) is 2.17. The third-order valence-electron chi connectivity index (χ3n) is 3.08. The molecule has 0 spiro atoms. The lowest BCUT2D eigenvalue weighted by atomic mass is 10.1. The quantitative estimate of drug-likeness (QED) is 0.634. The van der Waals surface area contributed by atoms with E-state index in [1.807, 2.05) is 0 Å². The highest BCUT2D eigenvalue weighted by Crippen LogP contribution is 2.28. The van der Waals surface area contributed by atoms with Gasteiger partial charge in [-0.1, -0.05) is 12.8 Å². The number of halogens is 1. The number of nitrogens with zero attached hydrogens (tertiary/aromatic N) is 1. The molecule has 4 nitrogen and oxygen atoms in total. The summed E-state index contributed by atoms with van der Waals surface area (Å²) in [6, 6.07) is 2.95. The Hall–Kier alpha value is -0.810. The molecule has 0 atom stereocenters. The summed E-state index contributed by atoms with van der Waals surface area (Å²) in [5.41, 5.74) is 0. The van der Waals surface area contributed by atoms with Crippen LogP contribution in [-0.4, -0.2) is 19.5 Å². The van der Waals surface area contributed by atoms with E-state index in [-0.39, 0.29) is 16.9 Å². The van der Waals surface area contributed by atoms with Crippen LogP contribution in [0.25, 0.3) is 0 Å². The first-order valence-electron chi connectivity index (χ1n) is 6.14. The average molecular weight is 290 g/mol. The van der Waals surface area contributed by atoms with Gasteiger partial charge in [-0.15, -0.1) is 0 Å². The number of pyridine rings is 1. The van der Waals surface area contributed by atoms with Crippen molar-refractivity contribution in [3.05, 3.63) is 18.3 Å². The highest BCUT2D eigenvalue weighted by molar-refractivity contribution is 8.13. The second-order valence-electron chi connectivity index (χ2n) is 4.48. The van der Waals surface area contributed by atoms with Gasteiger partial charge in [0.25, 0.3) is 9.05 Å². The molecule has 1 aliphatic carbocycles. The summed E-state index contributed by atoms with van der Waals surface area (Å²) in [6.45, 7) is 0. The minimum Gasteiger partial charge on any atom is -0.473 e. The lowest BCUT2D eigenvalue weighted by Crippen LogP contribution is -2.17. The minimum absolute atomic E-state index is 0.0413. The van der Waals surface area contributed by atoms with Gasteiger partial charge in [0.05, 0.1) is 0 Å². The van der Waals surface area contributed by atoms with E-state index in [0.717, 1.165) is 25.7 Å². The number of ether oxygens (including phenoxy) is 1. The maximum atomic E-state index is 11.4. The Kier molecular flexibility index (Phi) is 4.45. The Morgan fingerprint density at radius 3 is 2.50 bits per heavy atom. The van der Waals surface area contributed by atoms with Crippen LogP contribution in [0.5, 0.6) is 5.88 Å². The largest absolute Gasteiger partial charge is 0.473 e. The molecule has 1 saturated carbocycles. The molecule has 0 unspecified atom stereocenters. The van der Waals surface area contributed by atoms with E-state index in [9.17, 15) is 8.42 Å². The smallest absolute Gasteiger partial charge is 0.266 e. The highest BCUT2D eigenvalue weighted by Gasteiger charge is 2.21. The maximum absolute atomic E-state index is 11.4. The van der Waals surface area contributed by atoms with Crippen LogP contribution in [0.1, 0.15) is 38.5 Å². The average Bonchev–Trinajstić information content (AvgIpc) is 2.57. The minimum atomic E-state index is -3.81. The van der Waals surface area contributed by atoms with Crippen molar-refractivity contribution in [2.24, 2.45) is 0 Å². The van der Waals surface area contributed by atoms with Crippen LogP contribution in [0, 0.1) is 0 Å². The van der Waals surface area contributed by atoms with Crippen molar-refractivity contribution in [1.82, 2.24) is 4.98 Å². The summed E-state index contributed by atoms with van der Waals surface area (Å²) < 4.78 is 28.5. The third-order valence-corrected chi connectivity index (χ3v) is 4.41. The van der Waals surface area contributed by atoms with Crippen LogP contribution in [-0.2, 0) is 9.05 Å². The molecule has 1 aromatic rings. The fraction of sp³-hybridized carbons (Fsp3) is 0.583. The van der Waals surface area contributed by atoms with Gasteiger partial charge in [0.2, 0.25) is 5.88 Å². The van der Waals surface area contributed by atoms with Crippen LogP contribution in [0.2, 0.25) is 0 Å². The second kappa shape index (κ2) is 5.89. The molecule has 0 saturated heterocycles. The van der Waals surface area contributed by atoms with E-state index in [4.69, 9.17) is 15.4 Å². The molecular weight excluding hydrogens is 274 g/mol. The molecule has 0 aromatic carbocycles. The second-order valence-corrected chi connectivity index (χ2v) is 7.01. The molecule has 1 fully saturated rings. The van der Waals surface area contributed by atoms with Gasteiger partial charge < -0.3 is 4.74 Å². The molecule has 0 radical (unpaired) electrons. The topological polar surface area (TPSA) is 56.3 Å². The molecule has 1 heterocycles. The Morgan fingerprint density at radius 1 is 1.22 bits per heavy atom. The molecule has 0 bridgehead atoms. The zero-order valence-electron chi connectivity index (χ0n) is 10.0. The van der Waals surface area contributed by atoms with Crippen molar-refractivity contribution >= 4 is 19.7 Å². The van der Waals surface area contributed by atoms with E-state index in [2.05, 4.69) is 4.98 Å². The van der Waals surface area contributed by atoms with Gasteiger partial charge in [0, 0.05) is 16.9 Å². The Balaban J connectivity index is 2.18. The van der Waals surface area contributed by atoms with Crippen LogP contribution in [0.3, 0.4) is 0 Å². The number of aromatic nitrogens is 1. The number of hydrogen-bond donors (Lipinski definition) is 0. The van der Waals surface area contributed by atoms with Crippen molar-refractivity contribution in [2.45, 2.75) is 49.5 Å². The summed E-state index contributed by atoms with van der Waals surface area (Å²) in [4.78, 5) is 3.94. The standard InChI is InChI=1S/C12H16ClNO3S/c13-18(15,16)11-8-5-9-14-12(11)17-10-6-3-1-2-4-7-10/h5,8-10H,1-4,6-7H2. The van der Waals surface area contributed by atoms with E-state index in [1.54, 1.807) is 0 Å². The highest BCUT2D eigenvalue weighted by atomic mass is 35.7. The first-order chi connectivity index (χ1) is 8.57. The summed E-state index contributed by atoms with van der Waals surface area (Å²) in [5.74, 6) is 0.124. The molecule has 2 rings (SSSR count). The first-order valence-corrected chi connectivity index (χ1v) is 8.44. The predicted molar refractivity (Wildman–Crippen MR) is 69.4 cm³/mol. The predicted octanol–water partition coefficient (Wildman–Crippen LogP) is 3.11. The fourth-order valence-corrected chi connectivity index (χ4v) is 3.07. The molecule has 6 heteroatoms. The zero-order chi connectivity index (χ0) is 13.0. The molecule has 1 aromatic heterocycles. The van der Waals surface area contributed by atoms with Gasteiger partial charge in [0.1, 0.15) is 11.0 Å². The molecule has 18 heavy (non-hydrogen) atoms. The van der Waals surface area contributed by atoms with Crippen LogP contribution in [0.15, 0.2) is 23.2 Å². The zero-order valence-corrected chi connectivity index (χ0v) is 11.6. The number of hydrogen-bond acceptors (Lipinski definition) is 4. The van der Waals surface area contributed by atoms with Crippen molar-refractivity contribution in [3.8, 4) is 5.88 Å². The van der Waals surface area contributed by atoms with E-state index in [1.165, 1.54) is 31.2 Å². The summed E-state index contributed by atoms with van der Waals surface area (Å²) in [6.07, 6.45) is 8.08. The summed E-state index contributed by atoms with van der Waals surface area (Å²) in [5, 5.41) is 0. The molecule has 0 N–H and O–H groups in total. The molecule has 0 amide bonds. The Labute approximate surface area is 112 Å². The van der Waals surface area contributed by atoms with E-state index >= 15 is 0 Å². The Morgan fingerprint density at radius 2 is 1.89 bits per heavy atom. The number of rotatable bonds is 3. The van der Waals surface area contributed by atoms with Gasteiger partial charge in [0.15, 0.2) is 0 Å². The lowest BCUT2D eigenvalue weighted by Gasteiger charge is -2.17. The van der Waals surface area contributed by atoms with Gasteiger partial charge in [-0.25, -0.2) is 13.4 Å². The first kappa shape index (κ1) is 13.6. The molecule has 0 aliphatic heterocycles. The van der Waals surface area contributed by atoms with Gasteiger partial charge in [-0.3, -0.25) is 0 Å². The molecular formula is C12H16ClNO3S. The van der Waals surface area contributed by atoms with Crippen molar-refractivity contribution in [1.29, 1.82) is 0 Å². The monoisotopic (exact) mass is 289 g/mol. The van der Waals surface area contributed by atoms with Gasteiger partial charge in [-0.05, 0) is 37.8 Å². The summed E-state index contributed by atoms with van der Waals surface area (Å²) >= 11 is 0. The van der Waals surface area contributed by atoms with Gasteiger partial charge >= 0.3 is 0 Å². The molecule has 100 valence electrons. The third kappa shape index (κ3) is 3.59. The molecule has 1 aliphatic rings. The van der Waals surface area contributed by atoms with E-state index < -0.39 is 9.05 Å². The SMILES string of the molecule is O=S(=O)(Cl)c1cccnc1OC1CCCCCC1. The van der Waals surface area contributed by atoms with Gasteiger partial charge in [-0.2, -0.15) is 0 Å². The Bertz CT molecular complexity index is 496. The van der Waals surface area contributed by atoms with E-state index in [0.29, 0.717) is 0 Å². The normalized spacial score (nSPS) is 18.3. The van der Waals surface area contributed by atoms with Crippen LogP contribution in [0.4, 0.5) is 0 Å². The van der Waals surface area contributed by atoms with Crippen LogP contribution < -0.4 is 4.74 Å². The van der Waals surface area contributed by atoms with Crippen LogP contribution >= 0.6 is 10.7 Å². The summed E-state index contributed by atoms with van der Waals surface area (Å²) in [7, 11) is 1.56.